The standard InChI is InChI=1S/C19H17N5O4S/c1-11(18-23-24-19(28-18)14-7-4-10-29-14)27-15(25)8-9-20-17(26)16-12-5-2-3-6-13(12)21-22-16/h2-7,10-11H,8-9H2,1H3,(H,20,26)(H,21,22). The molecule has 0 aliphatic carbocycles. The van der Waals surface area contributed by atoms with Gasteiger partial charge in [0.1, 0.15) is 0 Å². The molecule has 4 aromatic rings. The fourth-order valence-electron chi connectivity index (χ4n) is 2.70. The summed E-state index contributed by atoms with van der Waals surface area (Å²) in [5.41, 5.74) is 1.06. The van der Waals surface area contributed by atoms with Crippen LogP contribution >= 0.6 is 11.3 Å². The summed E-state index contributed by atoms with van der Waals surface area (Å²) in [6, 6.07) is 11.1. The van der Waals surface area contributed by atoms with E-state index in [0.29, 0.717) is 5.89 Å². The van der Waals surface area contributed by atoms with E-state index in [0.717, 1.165) is 15.8 Å². The smallest absolute Gasteiger partial charge is 0.308 e. The summed E-state index contributed by atoms with van der Waals surface area (Å²) in [6.45, 7) is 1.77. The van der Waals surface area contributed by atoms with E-state index in [4.69, 9.17) is 9.15 Å². The molecule has 10 heteroatoms. The molecule has 9 nitrogen and oxygen atoms in total. The van der Waals surface area contributed by atoms with Gasteiger partial charge in [0.05, 0.1) is 16.8 Å². The number of hydrogen-bond donors (Lipinski definition) is 2. The predicted molar refractivity (Wildman–Crippen MR) is 105 cm³/mol. The van der Waals surface area contributed by atoms with E-state index in [1.54, 1.807) is 13.0 Å². The quantitative estimate of drug-likeness (QED) is 0.448. The lowest BCUT2D eigenvalue weighted by molar-refractivity contribution is -0.149. The van der Waals surface area contributed by atoms with E-state index in [1.165, 1.54) is 11.3 Å². The van der Waals surface area contributed by atoms with Crippen LogP contribution in [0.25, 0.3) is 21.7 Å². The molecule has 0 radical (unpaired) electrons. The van der Waals surface area contributed by atoms with E-state index in [9.17, 15) is 9.59 Å². The first-order valence-corrected chi connectivity index (χ1v) is 9.78. The molecule has 3 aromatic heterocycles. The molecule has 0 aliphatic heterocycles. The van der Waals surface area contributed by atoms with Gasteiger partial charge in [0.2, 0.25) is 0 Å². The molecule has 4 rings (SSSR count). The van der Waals surface area contributed by atoms with E-state index >= 15 is 0 Å². The van der Waals surface area contributed by atoms with Gasteiger partial charge >= 0.3 is 5.97 Å². The number of carbonyl (C=O) groups excluding carboxylic acids is 2. The minimum absolute atomic E-state index is 0.00432. The van der Waals surface area contributed by atoms with Crippen LogP contribution in [0.2, 0.25) is 0 Å². The van der Waals surface area contributed by atoms with Gasteiger partial charge in [-0.25, -0.2) is 0 Å². The number of nitrogens with zero attached hydrogens (tertiary/aromatic N) is 3. The van der Waals surface area contributed by atoms with E-state index in [-0.39, 0.29) is 30.5 Å². The SMILES string of the molecule is CC(OC(=O)CCNC(=O)c1n[nH]c2ccccc12)c1nnc(-c2cccs2)o1. The molecule has 0 saturated carbocycles. The Kier molecular flexibility index (Phi) is 5.34. The van der Waals surface area contributed by atoms with Gasteiger partial charge in [0.15, 0.2) is 11.8 Å². The van der Waals surface area contributed by atoms with Crippen molar-refractivity contribution in [3.63, 3.8) is 0 Å². The Hall–Kier alpha value is -3.53. The number of para-hydroxylation sites is 1. The Morgan fingerprint density at radius 3 is 2.93 bits per heavy atom. The largest absolute Gasteiger partial charge is 0.453 e. The van der Waals surface area contributed by atoms with Crippen molar-refractivity contribution < 1.29 is 18.7 Å². The molecule has 0 spiro atoms. The maximum absolute atomic E-state index is 12.3. The molecule has 0 bridgehead atoms. The summed E-state index contributed by atoms with van der Waals surface area (Å²) in [5, 5.41) is 20.0. The molecular weight excluding hydrogens is 394 g/mol. The number of ether oxygens (including phenoxy) is 1. The molecule has 1 aromatic carbocycles. The number of hydrogen-bond acceptors (Lipinski definition) is 8. The minimum atomic E-state index is -0.685. The third-order valence-electron chi connectivity index (χ3n) is 4.13. The second-order valence-corrected chi connectivity index (χ2v) is 7.13. The minimum Gasteiger partial charge on any atom is -0.453 e. The van der Waals surface area contributed by atoms with Crippen molar-refractivity contribution in [2.45, 2.75) is 19.4 Å². The number of aromatic nitrogens is 4. The van der Waals surface area contributed by atoms with Crippen molar-refractivity contribution in [2.24, 2.45) is 0 Å². The van der Waals surface area contributed by atoms with Crippen LogP contribution in [0.5, 0.6) is 0 Å². The van der Waals surface area contributed by atoms with E-state index < -0.39 is 12.1 Å². The van der Waals surface area contributed by atoms with Crippen LogP contribution in [0, 0.1) is 0 Å². The lowest BCUT2D eigenvalue weighted by atomic mass is 10.2. The number of benzene rings is 1. The third kappa shape index (κ3) is 4.16. The second kappa shape index (κ2) is 8.23. The van der Waals surface area contributed by atoms with Gasteiger partial charge in [-0.3, -0.25) is 14.7 Å². The molecule has 0 aliphatic rings. The average molecular weight is 411 g/mol. The molecule has 1 unspecified atom stereocenters. The highest BCUT2D eigenvalue weighted by atomic mass is 32.1. The summed E-state index contributed by atoms with van der Waals surface area (Å²) >= 11 is 1.48. The summed E-state index contributed by atoms with van der Waals surface area (Å²) in [6.07, 6.45) is -0.681. The number of esters is 1. The van der Waals surface area contributed by atoms with Crippen LogP contribution in [0.3, 0.4) is 0 Å². The zero-order chi connectivity index (χ0) is 20.2. The van der Waals surface area contributed by atoms with Crippen LogP contribution in [0.15, 0.2) is 46.2 Å². The topological polar surface area (TPSA) is 123 Å². The summed E-state index contributed by atoms with van der Waals surface area (Å²) in [7, 11) is 0. The molecule has 0 saturated heterocycles. The van der Waals surface area contributed by atoms with Crippen molar-refractivity contribution in [3.8, 4) is 10.8 Å². The van der Waals surface area contributed by atoms with Crippen LogP contribution in [0.1, 0.15) is 35.8 Å². The first-order valence-electron chi connectivity index (χ1n) is 8.90. The molecule has 148 valence electrons. The molecule has 2 N–H and O–H groups in total. The van der Waals surface area contributed by atoms with Gasteiger partial charge in [0, 0.05) is 11.9 Å². The Bertz CT molecular complexity index is 1130. The van der Waals surface area contributed by atoms with Crippen molar-refractivity contribution >= 4 is 34.1 Å². The Morgan fingerprint density at radius 2 is 2.10 bits per heavy atom. The second-order valence-electron chi connectivity index (χ2n) is 6.18. The average Bonchev–Trinajstić information content (AvgIpc) is 3.47. The molecular formula is C19H17N5O4S. The number of H-pyrrole nitrogens is 1. The van der Waals surface area contributed by atoms with E-state index in [1.807, 2.05) is 35.7 Å². The lowest BCUT2D eigenvalue weighted by Crippen LogP contribution is -2.27. The highest BCUT2D eigenvalue weighted by molar-refractivity contribution is 7.13. The molecule has 3 heterocycles. The number of thiophene rings is 1. The van der Waals surface area contributed by atoms with Gasteiger partial charge in [-0.2, -0.15) is 5.10 Å². The number of amides is 1. The number of rotatable bonds is 7. The van der Waals surface area contributed by atoms with Crippen molar-refractivity contribution in [1.82, 2.24) is 25.7 Å². The number of fused-ring (bicyclic) bond motifs is 1. The Morgan fingerprint density at radius 1 is 1.24 bits per heavy atom. The Balaban J connectivity index is 1.27. The molecule has 29 heavy (non-hydrogen) atoms. The van der Waals surface area contributed by atoms with Crippen LogP contribution in [0.4, 0.5) is 0 Å². The lowest BCUT2D eigenvalue weighted by Gasteiger charge is -2.09. The van der Waals surface area contributed by atoms with Crippen molar-refractivity contribution in [3.05, 3.63) is 53.4 Å². The van der Waals surface area contributed by atoms with Crippen LogP contribution in [-0.2, 0) is 9.53 Å². The first-order chi connectivity index (χ1) is 14.1. The van der Waals surface area contributed by atoms with E-state index in [2.05, 4.69) is 25.7 Å². The van der Waals surface area contributed by atoms with Gasteiger partial charge in [0.25, 0.3) is 17.7 Å². The van der Waals surface area contributed by atoms with Crippen LogP contribution in [-0.4, -0.2) is 38.8 Å². The number of nitrogens with one attached hydrogen (secondary N) is 2. The monoisotopic (exact) mass is 411 g/mol. The van der Waals surface area contributed by atoms with Gasteiger partial charge < -0.3 is 14.5 Å². The van der Waals surface area contributed by atoms with Gasteiger partial charge in [-0.05, 0) is 24.4 Å². The first kappa shape index (κ1) is 18.8. The fraction of sp³-hybridized carbons (Fsp3) is 0.211. The zero-order valence-corrected chi connectivity index (χ0v) is 16.2. The summed E-state index contributed by atoms with van der Waals surface area (Å²) in [5.74, 6) is -0.244. The third-order valence-corrected chi connectivity index (χ3v) is 4.99. The zero-order valence-electron chi connectivity index (χ0n) is 15.4. The fourth-order valence-corrected chi connectivity index (χ4v) is 3.35. The predicted octanol–water partition coefficient (Wildman–Crippen LogP) is 3.10. The molecule has 1 amide bonds. The van der Waals surface area contributed by atoms with Crippen LogP contribution < -0.4 is 5.32 Å². The normalized spacial score (nSPS) is 12.0. The molecule has 0 fully saturated rings. The Labute approximate surface area is 169 Å². The highest BCUT2D eigenvalue weighted by Crippen LogP contribution is 2.25. The number of aromatic amines is 1. The maximum atomic E-state index is 12.3. The van der Waals surface area contributed by atoms with Crippen molar-refractivity contribution in [2.75, 3.05) is 6.54 Å². The number of carbonyl (C=O) groups is 2. The van der Waals surface area contributed by atoms with Gasteiger partial charge in [-0.1, -0.05) is 24.3 Å². The summed E-state index contributed by atoms with van der Waals surface area (Å²) in [4.78, 5) is 25.2. The van der Waals surface area contributed by atoms with Crippen molar-refractivity contribution in [1.29, 1.82) is 0 Å². The maximum Gasteiger partial charge on any atom is 0.308 e. The van der Waals surface area contributed by atoms with Gasteiger partial charge in [-0.15, -0.1) is 21.5 Å². The molecule has 1 atom stereocenters. The highest BCUT2D eigenvalue weighted by Gasteiger charge is 2.20. The summed E-state index contributed by atoms with van der Waals surface area (Å²) < 4.78 is 10.9.